The zero-order chi connectivity index (χ0) is 55.0. The second-order valence-corrected chi connectivity index (χ2v) is 23.9. The molecule has 1 amide bonds. The van der Waals surface area contributed by atoms with Gasteiger partial charge in [0.15, 0.2) is 0 Å². The Bertz CT molecular complexity index is 1190. The Morgan fingerprint density at radius 2 is 0.671 bits per heavy atom. The average molecular weight is 1070 g/mol. The second-order valence-electron chi connectivity index (χ2n) is 23.9. The summed E-state index contributed by atoms with van der Waals surface area (Å²) in [6, 6.07) is -0.539. The first kappa shape index (κ1) is 74.3. The molecule has 0 heterocycles. The molecule has 6 nitrogen and oxygen atoms in total. The molecule has 0 fully saturated rings. The van der Waals surface area contributed by atoms with Crippen LogP contribution in [0.1, 0.15) is 386 Å². The van der Waals surface area contributed by atoms with Crippen molar-refractivity contribution in [3.63, 3.8) is 0 Å². The highest BCUT2D eigenvalue weighted by Crippen LogP contribution is 2.19. The quantitative estimate of drug-likeness (QED) is 0.0244. The van der Waals surface area contributed by atoms with Crippen molar-refractivity contribution in [1.82, 2.24) is 5.32 Å². The topological polar surface area (TPSA) is 95.9 Å². The van der Waals surface area contributed by atoms with E-state index < -0.39 is 12.1 Å². The van der Waals surface area contributed by atoms with Gasteiger partial charge in [0.2, 0.25) is 5.91 Å². The van der Waals surface area contributed by atoms with E-state index in [1.807, 2.05) is 12.2 Å². The van der Waals surface area contributed by atoms with Crippen LogP contribution in [-0.2, 0) is 14.3 Å². The largest absolute Gasteiger partial charge is 0.463 e. The molecular formula is C70H135NO5. The normalized spacial score (nSPS) is 12.6. The lowest BCUT2D eigenvalue weighted by Gasteiger charge is -2.22. The minimum Gasteiger partial charge on any atom is -0.463 e. The van der Waals surface area contributed by atoms with Crippen LogP contribution in [0.15, 0.2) is 24.3 Å². The van der Waals surface area contributed by atoms with Gasteiger partial charge in [0, 0.05) is 12.5 Å². The third kappa shape index (κ3) is 61.6. The number of hydrogen-bond acceptors (Lipinski definition) is 5. The summed E-state index contributed by atoms with van der Waals surface area (Å²) in [7, 11) is 0. The van der Waals surface area contributed by atoms with Crippen LogP contribution in [0.4, 0.5) is 0 Å². The van der Waals surface area contributed by atoms with E-state index in [9.17, 15) is 19.8 Å². The molecule has 0 saturated carbocycles. The SMILES string of the molecule is CCCCCCCCCCCCCC=CC=CC(=O)OCCCCCCCCCCCCCCCCCCCCCCCCCCCCCCCC(=O)N[C@@H](CO)[C@H](O)CCCCCCCCCCCCCCCCC. The van der Waals surface area contributed by atoms with Crippen molar-refractivity contribution < 1.29 is 24.5 Å². The van der Waals surface area contributed by atoms with Crippen LogP contribution in [0.3, 0.4) is 0 Å². The maximum Gasteiger partial charge on any atom is 0.330 e. The first-order valence-electron chi connectivity index (χ1n) is 34.6. The number of ether oxygens (including phenoxy) is 1. The predicted molar refractivity (Wildman–Crippen MR) is 333 cm³/mol. The van der Waals surface area contributed by atoms with E-state index in [0.29, 0.717) is 19.4 Å². The van der Waals surface area contributed by atoms with Crippen molar-refractivity contribution in [3.8, 4) is 0 Å². The Balaban J connectivity index is 3.35. The number of allylic oxidation sites excluding steroid dienone is 3. The second kappa shape index (κ2) is 65.9. The summed E-state index contributed by atoms with van der Waals surface area (Å²) in [6.07, 6.45) is 82.7. The minimum atomic E-state index is -0.662. The van der Waals surface area contributed by atoms with E-state index >= 15 is 0 Å². The molecule has 0 bridgehead atoms. The van der Waals surface area contributed by atoms with Gasteiger partial charge < -0.3 is 20.3 Å². The fraction of sp³-hybridized carbons (Fsp3) is 0.914. The Kier molecular flexibility index (Phi) is 64.4. The smallest absolute Gasteiger partial charge is 0.330 e. The van der Waals surface area contributed by atoms with Gasteiger partial charge in [-0.15, -0.1) is 0 Å². The molecule has 0 aromatic rings. The van der Waals surface area contributed by atoms with E-state index in [4.69, 9.17) is 4.74 Å². The van der Waals surface area contributed by atoms with Crippen LogP contribution >= 0.6 is 0 Å². The molecule has 0 unspecified atom stereocenters. The molecule has 0 rings (SSSR count). The summed E-state index contributed by atoms with van der Waals surface area (Å²) in [6.45, 7) is 4.92. The number of hydrogen-bond donors (Lipinski definition) is 3. The third-order valence-electron chi connectivity index (χ3n) is 16.4. The standard InChI is InChI=1S/C70H135NO5/c1-3-5-7-9-11-13-15-17-34-38-42-46-50-54-58-62-68(73)67(66-72)71-69(74)63-59-55-51-47-43-39-36-32-30-28-26-24-22-20-19-21-23-25-27-29-31-33-37-41-45-49-53-57-61-65-76-70(75)64-60-56-52-48-44-40-35-18-16-14-12-10-8-6-4-2/h52,56,60,64,67-68,72-73H,3-51,53-55,57-59,61-63,65-66H2,1-2H3,(H,71,74)/t67-,68+/m0/s1. The molecule has 0 radical (unpaired) electrons. The lowest BCUT2D eigenvalue weighted by atomic mass is 10.0. The molecule has 0 spiro atoms. The van der Waals surface area contributed by atoms with Crippen LogP contribution in [-0.4, -0.2) is 47.4 Å². The molecule has 0 aliphatic heterocycles. The number of aliphatic hydroxyl groups is 2. The first-order chi connectivity index (χ1) is 37.5. The van der Waals surface area contributed by atoms with Crippen LogP contribution < -0.4 is 5.32 Å². The van der Waals surface area contributed by atoms with Crippen molar-refractivity contribution in [2.24, 2.45) is 0 Å². The van der Waals surface area contributed by atoms with Crippen LogP contribution in [0.5, 0.6) is 0 Å². The van der Waals surface area contributed by atoms with Gasteiger partial charge in [-0.05, 0) is 32.1 Å². The lowest BCUT2D eigenvalue weighted by Crippen LogP contribution is -2.45. The Morgan fingerprint density at radius 3 is 1.00 bits per heavy atom. The number of carbonyl (C=O) groups excluding carboxylic acids is 2. The molecular weight excluding hydrogens is 935 g/mol. The Labute approximate surface area is 475 Å². The van der Waals surface area contributed by atoms with Gasteiger partial charge >= 0.3 is 5.97 Å². The molecule has 0 aliphatic carbocycles. The summed E-state index contributed by atoms with van der Waals surface area (Å²) in [5.41, 5.74) is 0. The van der Waals surface area contributed by atoms with Gasteiger partial charge in [0.25, 0.3) is 0 Å². The maximum atomic E-state index is 12.5. The van der Waals surface area contributed by atoms with E-state index in [0.717, 1.165) is 44.9 Å². The lowest BCUT2D eigenvalue weighted by molar-refractivity contribution is -0.137. The molecule has 0 saturated heterocycles. The highest BCUT2D eigenvalue weighted by molar-refractivity contribution is 5.82. The zero-order valence-corrected chi connectivity index (χ0v) is 51.5. The highest BCUT2D eigenvalue weighted by Gasteiger charge is 2.20. The number of unbranched alkanes of at least 4 members (excludes halogenated alkanes) is 53. The number of aliphatic hydroxyl groups excluding tert-OH is 2. The number of esters is 1. The molecule has 2 atom stereocenters. The fourth-order valence-corrected chi connectivity index (χ4v) is 11.1. The number of rotatable bonds is 65. The third-order valence-corrected chi connectivity index (χ3v) is 16.4. The number of nitrogens with one attached hydrogen (secondary N) is 1. The molecule has 0 aromatic carbocycles. The van der Waals surface area contributed by atoms with Gasteiger partial charge in [-0.3, -0.25) is 4.79 Å². The van der Waals surface area contributed by atoms with Crippen molar-refractivity contribution in [1.29, 1.82) is 0 Å². The van der Waals surface area contributed by atoms with Gasteiger partial charge in [-0.25, -0.2) is 4.79 Å². The zero-order valence-electron chi connectivity index (χ0n) is 51.5. The Morgan fingerprint density at radius 1 is 0.382 bits per heavy atom. The summed E-state index contributed by atoms with van der Waals surface area (Å²) in [5.74, 6) is -0.237. The van der Waals surface area contributed by atoms with E-state index in [1.54, 1.807) is 6.08 Å². The fourth-order valence-electron chi connectivity index (χ4n) is 11.1. The molecule has 3 N–H and O–H groups in total. The summed E-state index contributed by atoms with van der Waals surface area (Å²) in [4.78, 5) is 24.5. The average Bonchev–Trinajstić information content (AvgIpc) is 3.42. The van der Waals surface area contributed by atoms with Crippen molar-refractivity contribution in [2.75, 3.05) is 13.2 Å². The summed E-state index contributed by atoms with van der Waals surface area (Å²) < 4.78 is 5.38. The van der Waals surface area contributed by atoms with Crippen molar-refractivity contribution in [3.05, 3.63) is 24.3 Å². The van der Waals surface area contributed by atoms with E-state index in [1.165, 1.54) is 315 Å². The van der Waals surface area contributed by atoms with Gasteiger partial charge in [-0.2, -0.15) is 0 Å². The van der Waals surface area contributed by atoms with Gasteiger partial charge in [-0.1, -0.05) is 366 Å². The van der Waals surface area contributed by atoms with Crippen LogP contribution in [0, 0.1) is 0 Å². The van der Waals surface area contributed by atoms with E-state index in [2.05, 4.69) is 25.2 Å². The molecule has 0 aromatic heterocycles. The molecule has 450 valence electrons. The van der Waals surface area contributed by atoms with Crippen LogP contribution in [0.25, 0.3) is 0 Å². The number of carbonyl (C=O) groups is 2. The predicted octanol–water partition coefficient (Wildman–Crippen LogP) is 22.1. The van der Waals surface area contributed by atoms with Gasteiger partial charge in [0.1, 0.15) is 0 Å². The Hall–Kier alpha value is -1.66. The highest BCUT2D eigenvalue weighted by atomic mass is 16.5. The monoisotopic (exact) mass is 1070 g/mol. The molecule has 76 heavy (non-hydrogen) atoms. The maximum absolute atomic E-state index is 12.5. The van der Waals surface area contributed by atoms with E-state index in [-0.39, 0.29) is 18.5 Å². The van der Waals surface area contributed by atoms with Crippen molar-refractivity contribution >= 4 is 11.9 Å². The molecule has 0 aliphatic rings. The summed E-state index contributed by atoms with van der Waals surface area (Å²) in [5, 5.41) is 23.3. The minimum absolute atomic E-state index is 0.0292. The van der Waals surface area contributed by atoms with Gasteiger partial charge in [0.05, 0.1) is 25.4 Å². The molecule has 6 heteroatoms. The number of amides is 1. The first-order valence-corrected chi connectivity index (χ1v) is 34.6. The van der Waals surface area contributed by atoms with Crippen molar-refractivity contribution in [2.45, 2.75) is 398 Å². The summed E-state index contributed by atoms with van der Waals surface area (Å²) >= 11 is 0. The van der Waals surface area contributed by atoms with Crippen LogP contribution in [0.2, 0.25) is 0 Å².